The topological polar surface area (TPSA) is 119 Å². The van der Waals surface area contributed by atoms with Crippen LogP contribution in [0, 0.1) is 10.1 Å². The molecule has 32 heavy (non-hydrogen) atoms. The van der Waals surface area contributed by atoms with Crippen molar-refractivity contribution in [2.75, 3.05) is 0 Å². The summed E-state index contributed by atoms with van der Waals surface area (Å²) in [5, 5.41) is 22.7. The lowest BCUT2D eigenvalue weighted by molar-refractivity contribution is -0.384. The predicted molar refractivity (Wildman–Crippen MR) is 118 cm³/mol. The Morgan fingerprint density at radius 2 is 1.50 bits per heavy atom. The maximum Gasteiger partial charge on any atom is 0.305 e. The number of carbonyl (C=O) groups is 2. The molecule has 0 aliphatic rings. The number of hydrogen-bond acceptors (Lipinski definition) is 5. The van der Waals surface area contributed by atoms with Crippen LogP contribution in [-0.4, -0.2) is 27.9 Å². The van der Waals surface area contributed by atoms with E-state index in [1.54, 1.807) is 36.4 Å². The van der Waals surface area contributed by atoms with Gasteiger partial charge >= 0.3 is 5.97 Å². The number of nitro groups is 1. The van der Waals surface area contributed by atoms with Crippen molar-refractivity contribution in [3.05, 3.63) is 100 Å². The normalized spacial score (nSPS) is 11.4. The molecule has 1 unspecified atom stereocenters. The molecule has 2 N–H and O–H groups in total. The second-order valence-corrected chi connectivity index (χ2v) is 7.23. The van der Waals surface area contributed by atoms with E-state index in [-0.39, 0.29) is 30.9 Å². The molecule has 8 heteroatoms. The third kappa shape index (κ3) is 6.94. The van der Waals surface area contributed by atoms with E-state index in [1.807, 2.05) is 30.3 Å². The number of nitrogens with zero attached hydrogens (tertiary/aromatic N) is 1. The Morgan fingerprint density at radius 1 is 0.906 bits per heavy atom. The molecule has 0 saturated heterocycles. The molecule has 8 nitrogen and oxygen atoms in total. The third-order valence-electron chi connectivity index (χ3n) is 4.68. The number of amides is 1. The summed E-state index contributed by atoms with van der Waals surface area (Å²) < 4.78 is 5.73. The molecular formula is C24H22N2O6. The van der Waals surface area contributed by atoms with E-state index in [9.17, 15) is 24.8 Å². The fourth-order valence-electron chi connectivity index (χ4n) is 3.19. The lowest BCUT2D eigenvalue weighted by atomic mass is 10.0. The highest BCUT2D eigenvalue weighted by atomic mass is 16.6. The lowest BCUT2D eigenvalue weighted by Gasteiger charge is -2.17. The molecule has 3 aromatic carbocycles. The van der Waals surface area contributed by atoms with Crippen molar-refractivity contribution >= 4 is 17.6 Å². The van der Waals surface area contributed by atoms with Crippen LogP contribution in [-0.2, 0) is 22.4 Å². The van der Waals surface area contributed by atoms with Crippen LogP contribution in [0.2, 0.25) is 0 Å². The summed E-state index contributed by atoms with van der Waals surface area (Å²) in [6, 6.07) is 21.6. The van der Waals surface area contributed by atoms with Crippen LogP contribution in [0.25, 0.3) is 0 Å². The molecule has 0 heterocycles. The van der Waals surface area contributed by atoms with Crippen molar-refractivity contribution < 1.29 is 24.4 Å². The minimum absolute atomic E-state index is 0.0488. The molecule has 0 saturated carbocycles. The zero-order valence-electron chi connectivity index (χ0n) is 17.1. The van der Waals surface area contributed by atoms with E-state index < -0.39 is 16.9 Å². The number of hydrogen-bond donors (Lipinski definition) is 2. The first-order valence-corrected chi connectivity index (χ1v) is 9.95. The predicted octanol–water partition coefficient (Wildman–Crippen LogP) is 4.13. The summed E-state index contributed by atoms with van der Waals surface area (Å²) in [6.45, 7) is 0. The molecule has 0 fully saturated rings. The average molecular weight is 434 g/mol. The van der Waals surface area contributed by atoms with Gasteiger partial charge in [0.15, 0.2) is 0 Å². The number of carboxylic acid groups (broad SMARTS) is 1. The van der Waals surface area contributed by atoms with E-state index in [0.717, 1.165) is 5.56 Å². The number of carbonyl (C=O) groups excluding carboxylic acids is 1. The summed E-state index contributed by atoms with van der Waals surface area (Å²) in [6.07, 6.45) is 0.0778. The number of ether oxygens (including phenoxy) is 1. The number of aliphatic carboxylic acids is 1. The van der Waals surface area contributed by atoms with Crippen LogP contribution < -0.4 is 10.1 Å². The Hall–Kier alpha value is -4.20. The van der Waals surface area contributed by atoms with Crippen LogP contribution in [0.1, 0.15) is 17.5 Å². The first kappa shape index (κ1) is 22.5. The van der Waals surface area contributed by atoms with E-state index in [4.69, 9.17) is 4.74 Å². The van der Waals surface area contributed by atoms with Gasteiger partial charge in [-0.3, -0.25) is 19.7 Å². The van der Waals surface area contributed by atoms with E-state index in [0.29, 0.717) is 17.1 Å². The summed E-state index contributed by atoms with van der Waals surface area (Å²) in [5.41, 5.74) is 1.41. The molecule has 1 amide bonds. The van der Waals surface area contributed by atoms with Crippen molar-refractivity contribution in [1.82, 2.24) is 5.32 Å². The van der Waals surface area contributed by atoms with Gasteiger partial charge in [-0.25, -0.2) is 0 Å². The van der Waals surface area contributed by atoms with Crippen molar-refractivity contribution in [2.24, 2.45) is 0 Å². The largest absolute Gasteiger partial charge is 0.481 e. The number of carboxylic acids is 1. The van der Waals surface area contributed by atoms with Gasteiger partial charge in [-0.15, -0.1) is 0 Å². The number of non-ortho nitro benzene ring substituents is 1. The molecule has 164 valence electrons. The van der Waals surface area contributed by atoms with Gasteiger partial charge in [0.1, 0.15) is 11.5 Å². The van der Waals surface area contributed by atoms with Crippen molar-refractivity contribution in [3.63, 3.8) is 0 Å². The van der Waals surface area contributed by atoms with Gasteiger partial charge in [0, 0.05) is 18.2 Å². The van der Waals surface area contributed by atoms with Gasteiger partial charge in [-0.05, 0) is 41.8 Å². The van der Waals surface area contributed by atoms with Gasteiger partial charge in [0.25, 0.3) is 5.69 Å². The number of benzene rings is 3. The first-order chi connectivity index (χ1) is 15.4. The fourth-order valence-corrected chi connectivity index (χ4v) is 3.19. The van der Waals surface area contributed by atoms with Gasteiger partial charge in [0.2, 0.25) is 5.91 Å². The Kier molecular flexibility index (Phi) is 7.53. The summed E-state index contributed by atoms with van der Waals surface area (Å²) in [7, 11) is 0. The maximum absolute atomic E-state index is 12.5. The highest BCUT2D eigenvalue weighted by Gasteiger charge is 2.17. The van der Waals surface area contributed by atoms with Crippen LogP contribution >= 0.6 is 0 Å². The zero-order valence-corrected chi connectivity index (χ0v) is 17.1. The zero-order chi connectivity index (χ0) is 22.9. The summed E-state index contributed by atoms with van der Waals surface area (Å²) >= 11 is 0. The van der Waals surface area contributed by atoms with Gasteiger partial charge in [-0.1, -0.05) is 42.5 Å². The second kappa shape index (κ2) is 10.7. The van der Waals surface area contributed by atoms with Crippen LogP contribution in [0.15, 0.2) is 78.9 Å². The number of nitrogens with one attached hydrogen (secondary N) is 1. The van der Waals surface area contributed by atoms with Gasteiger partial charge < -0.3 is 15.2 Å². The van der Waals surface area contributed by atoms with Gasteiger partial charge in [-0.2, -0.15) is 0 Å². The molecule has 3 aromatic rings. The van der Waals surface area contributed by atoms with Crippen molar-refractivity contribution in [2.45, 2.75) is 25.3 Å². The van der Waals surface area contributed by atoms with E-state index in [1.165, 1.54) is 12.1 Å². The third-order valence-corrected chi connectivity index (χ3v) is 4.68. The van der Waals surface area contributed by atoms with Crippen LogP contribution in [0.4, 0.5) is 5.69 Å². The number of rotatable bonds is 10. The molecule has 0 bridgehead atoms. The van der Waals surface area contributed by atoms with Crippen molar-refractivity contribution in [1.29, 1.82) is 0 Å². The smallest absolute Gasteiger partial charge is 0.305 e. The lowest BCUT2D eigenvalue weighted by Crippen LogP contribution is -2.38. The highest BCUT2D eigenvalue weighted by Crippen LogP contribution is 2.21. The molecular weight excluding hydrogens is 412 g/mol. The van der Waals surface area contributed by atoms with Crippen LogP contribution in [0.3, 0.4) is 0 Å². The Balaban J connectivity index is 1.58. The maximum atomic E-state index is 12.5. The molecule has 0 aliphatic heterocycles. The first-order valence-electron chi connectivity index (χ1n) is 9.95. The monoisotopic (exact) mass is 434 g/mol. The molecule has 3 rings (SSSR count). The number of nitro benzene ring substituents is 1. The Bertz CT molecular complexity index is 1070. The molecule has 0 aromatic heterocycles. The summed E-state index contributed by atoms with van der Waals surface area (Å²) in [4.78, 5) is 34.0. The average Bonchev–Trinajstić information content (AvgIpc) is 2.75. The SMILES string of the molecule is O=C(O)CC(Cc1ccc([N+](=O)[O-])cc1)NC(=O)Cc1ccc(Oc2ccccc2)cc1. The second-order valence-electron chi connectivity index (χ2n) is 7.23. The molecule has 1 atom stereocenters. The Morgan fingerprint density at radius 3 is 2.09 bits per heavy atom. The van der Waals surface area contributed by atoms with Gasteiger partial charge in [0.05, 0.1) is 17.8 Å². The standard InChI is InChI=1S/C24H22N2O6/c27-23(15-18-8-12-22(13-9-18)32-21-4-2-1-3-5-21)25-19(16-24(28)29)14-17-6-10-20(11-7-17)26(30)31/h1-13,19H,14-16H2,(H,25,27)(H,28,29). The quantitative estimate of drug-likeness (QED) is 0.366. The highest BCUT2D eigenvalue weighted by molar-refractivity contribution is 5.79. The van der Waals surface area contributed by atoms with E-state index in [2.05, 4.69) is 5.32 Å². The molecule has 0 spiro atoms. The minimum atomic E-state index is -1.04. The molecule has 0 radical (unpaired) electrons. The minimum Gasteiger partial charge on any atom is -0.481 e. The number of para-hydroxylation sites is 1. The van der Waals surface area contributed by atoms with E-state index >= 15 is 0 Å². The Labute approximate surface area is 184 Å². The molecule has 0 aliphatic carbocycles. The summed E-state index contributed by atoms with van der Waals surface area (Å²) in [5.74, 6) is -0.00227. The fraction of sp³-hybridized carbons (Fsp3) is 0.167. The van der Waals surface area contributed by atoms with Crippen LogP contribution in [0.5, 0.6) is 11.5 Å². The van der Waals surface area contributed by atoms with Crippen molar-refractivity contribution in [3.8, 4) is 11.5 Å².